The molecule has 1 aliphatic rings. The highest BCUT2D eigenvalue weighted by Gasteiger charge is 2.20. The van der Waals surface area contributed by atoms with E-state index >= 15 is 0 Å². The molecule has 1 aliphatic carbocycles. The highest BCUT2D eigenvalue weighted by atomic mass is 79.9. The first-order valence-corrected chi connectivity index (χ1v) is 11.6. The molecule has 1 aromatic carbocycles. The van der Waals surface area contributed by atoms with Crippen molar-refractivity contribution in [3.8, 4) is 16.3 Å². The molecule has 27 heavy (non-hydrogen) atoms. The number of hydrogen-bond acceptors (Lipinski definition) is 7. The van der Waals surface area contributed by atoms with Crippen molar-refractivity contribution in [2.24, 2.45) is 0 Å². The predicted molar refractivity (Wildman–Crippen MR) is 111 cm³/mol. The molecule has 1 saturated carbocycles. The van der Waals surface area contributed by atoms with Crippen LogP contribution in [0.2, 0.25) is 0 Å². The Hall–Kier alpha value is -1.45. The average Bonchev–Trinajstić information content (AvgIpc) is 3.36. The minimum Gasteiger partial charge on any atom is -0.496 e. The molecule has 0 radical (unpaired) electrons. The fourth-order valence-electron chi connectivity index (χ4n) is 3.32. The van der Waals surface area contributed by atoms with Crippen LogP contribution in [0.15, 0.2) is 33.2 Å². The number of rotatable bonds is 6. The first-order chi connectivity index (χ1) is 13.2. The zero-order valence-corrected chi connectivity index (χ0v) is 18.2. The molecular weight excluding hydrogens is 446 g/mol. The van der Waals surface area contributed by atoms with E-state index in [2.05, 4.69) is 36.8 Å². The zero-order chi connectivity index (χ0) is 18.6. The minimum atomic E-state index is 0.438. The van der Waals surface area contributed by atoms with Crippen LogP contribution in [-0.2, 0) is 5.75 Å². The lowest BCUT2D eigenvalue weighted by molar-refractivity contribution is 0.307. The van der Waals surface area contributed by atoms with Crippen LogP contribution in [0.5, 0.6) is 5.75 Å². The van der Waals surface area contributed by atoms with Gasteiger partial charge in [-0.1, -0.05) is 47.0 Å². The standard InChI is InChI=1S/C18H20BrN5OS2/c1-25-16-8-7-12(19)9-15(16)17-20-13(10-26-17)11-27-18-21-22-23-24(18)14-5-3-2-4-6-14/h7-10,14H,2-6,11H2,1H3. The summed E-state index contributed by atoms with van der Waals surface area (Å²) < 4.78 is 8.50. The molecule has 0 atom stereocenters. The molecule has 142 valence electrons. The third-order valence-corrected chi connectivity index (χ3v) is 7.06. The summed E-state index contributed by atoms with van der Waals surface area (Å²) in [7, 11) is 1.68. The van der Waals surface area contributed by atoms with Crippen molar-refractivity contribution < 1.29 is 4.74 Å². The maximum atomic E-state index is 5.48. The Balaban J connectivity index is 1.47. The smallest absolute Gasteiger partial charge is 0.209 e. The van der Waals surface area contributed by atoms with E-state index in [1.807, 2.05) is 22.9 Å². The Labute approximate surface area is 174 Å². The Morgan fingerprint density at radius 2 is 2.15 bits per heavy atom. The number of benzene rings is 1. The highest BCUT2D eigenvalue weighted by Crippen LogP contribution is 2.36. The third kappa shape index (κ3) is 4.35. The van der Waals surface area contributed by atoms with Crippen molar-refractivity contribution in [3.05, 3.63) is 33.7 Å². The van der Waals surface area contributed by atoms with Gasteiger partial charge in [0.2, 0.25) is 5.16 Å². The first-order valence-electron chi connectivity index (χ1n) is 8.93. The van der Waals surface area contributed by atoms with Gasteiger partial charge in [0.15, 0.2) is 0 Å². The van der Waals surface area contributed by atoms with Gasteiger partial charge in [-0.3, -0.25) is 0 Å². The number of methoxy groups -OCH3 is 1. The van der Waals surface area contributed by atoms with Crippen molar-refractivity contribution >= 4 is 39.0 Å². The Morgan fingerprint density at radius 1 is 1.30 bits per heavy atom. The summed E-state index contributed by atoms with van der Waals surface area (Å²) in [5, 5.41) is 16.3. The normalized spacial score (nSPS) is 15.2. The minimum absolute atomic E-state index is 0.438. The molecule has 0 bridgehead atoms. The van der Waals surface area contributed by atoms with Crippen molar-refractivity contribution in [2.75, 3.05) is 7.11 Å². The second-order valence-corrected chi connectivity index (χ2v) is 9.19. The van der Waals surface area contributed by atoms with E-state index in [0.29, 0.717) is 6.04 Å². The number of thioether (sulfide) groups is 1. The molecule has 4 rings (SSSR count). The summed E-state index contributed by atoms with van der Waals surface area (Å²) in [6, 6.07) is 6.40. The monoisotopic (exact) mass is 465 g/mol. The van der Waals surface area contributed by atoms with E-state index in [4.69, 9.17) is 9.72 Å². The number of aromatic nitrogens is 5. The molecule has 2 heterocycles. The lowest BCUT2D eigenvalue weighted by Gasteiger charge is -2.21. The van der Waals surface area contributed by atoms with Crippen molar-refractivity contribution in [3.63, 3.8) is 0 Å². The van der Waals surface area contributed by atoms with Crippen molar-refractivity contribution in [1.29, 1.82) is 0 Å². The fourth-order valence-corrected chi connectivity index (χ4v) is 5.46. The Morgan fingerprint density at radius 3 is 2.96 bits per heavy atom. The van der Waals surface area contributed by atoms with Gasteiger partial charge < -0.3 is 4.74 Å². The first kappa shape index (κ1) is 18.9. The Kier molecular flexibility index (Phi) is 6.09. The quantitative estimate of drug-likeness (QED) is 0.456. The molecule has 0 aliphatic heterocycles. The SMILES string of the molecule is COc1ccc(Br)cc1-c1nc(CSc2nnnn2C2CCCCC2)cs1. The lowest BCUT2D eigenvalue weighted by Crippen LogP contribution is -2.15. The third-order valence-electron chi connectivity index (χ3n) is 4.68. The molecule has 0 unspecified atom stereocenters. The molecule has 1 fully saturated rings. The Bertz CT molecular complexity index is 907. The van der Waals surface area contributed by atoms with Gasteiger partial charge in [0.1, 0.15) is 10.8 Å². The molecule has 0 spiro atoms. The predicted octanol–water partition coefficient (Wildman–Crippen LogP) is 5.37. The number of halogens is 1. The van der Waals surface area contributed by atoms with Gasteiger partial charge >= 0.3 is 0 Å². The molecule has 2 aromatic heterocycles. The van der Waals surface area contributed by atoms with Gasteiger partial charge in [-0.15, -0.1) is 16.4 Å². The molecular formula is C18H20BrN5OS2. The molecule has 0 amide bonds. The summed E-state index contributed by atoms with van der Waals surface area (Å²) in [5.74, 6) is 1.58. The number of ether oxygens (including phenoxy) is 1. The van der Waals surface area contributed by atoms with Gasteiger partial charge in [0, 0.05) is 15.6 Å². The van der Waals surface area contributed by atoms with Crippen LogP contribution in [0.25, 0.3) is 10.6 Å². The van der Waals surface area contributed by atoms with E-state index < -0.39 is 0 Å². The number of nitrogens with zero attached hydrogens (tertiary/aromatic N) is 5. The summed E-state index contributed by atoms with van der Waals surface area (Å²) in [5.41, 5.74) is 2.03. The highest BCUT2D eigenvalue weighted by molar-refractivity contribution is 9.10. The maximum absolute atomic E-state index is 5.48. The zero-order valence-electron chi connectivity index (χ0n) is 15.0. The van der Waals surface area contributed by atoms with Crippen molar-refractivity contribution in [2.45, 2.75) is 49.1 Å². The average molecular weight is 466 g/mol. The van der Waals surface area contributed by atoms with Gasteiger partial charge in [-0.05, 0) is 41.5 Å². The van der Waals surface area contributed by atoms with Crippen LogP contribution in [-0.4, -0.2) is 32.3 Å². The van der Waals surface area contributed by atoms with Crippen molar-refractivity contribution in [1.82, 2.24) is 25.2 Å². The summed E-state index contributed by atoms with van der Waals surface area (Å²) >= 11 is 6.80. The van der Waals surface area contributed by atoms with E-state index in [-0.39, 0.29) is 0 Å². The fraction of sp³-hybridized carbons (Fsp3) is 0.444. The van der Waals surface area contributed by atoms with Gasteiger partial charge in [-0.2, -0.15) is 0 Å². The van der Waals surface area contributed by atoms with Crippen LogP contribution in [0.3, 0.4) is 0 Å². The summed E-state index contributed by atoms with van der Waals surface area (Å²) in [6.07, 6.45) is 6.18. The molecule has 0 saturated heterocycles. The molecule has 6 nitrogen and oxygen atoms in total. The maximum Gasteiger partial charge on any atom is 0.209 e. The molecule has 3 aromatic rings. The van der Waals surface area contributed by atoms with Crippen LogP contribution in [0, 0.1) is 0 Å². The van der Waals surface area contributed by atoms with Gasteiger partial charge in [0.25, 0.3) is 0 Å². The van der Waals surface area contributed by atoms with E-state index in [0.717, 1.165) is 37.4 Å². The molecule has 9 heteroatoms. The lowest BCUT2D eigenvalue weighted by atomic mass is 9.96. The number of tetrazole rings is 1. The van der Waals surface area contributed by atoms with E-state index in [9.17, 15) is 0 Å². The second kappa shape index (κ2) is 8.70. The van der Waals surface area contributed by atoms with Crippen LogP contribution in [0.1, 0.15) is 43.8 Å². The molecule has 0 N–H and O–H groups in total. The number of hydrogen-bond donors (Lipinski definition) is 0. The van der Waals surface area contributed by atoms with Crippen LogP contribution < -0.4 is 4.74 Å². The van der Waals surface area contributed by atoms with Gasteiger partial charge in [-0.25, -0.2) is 9.67 Å². The summed E-state index contributed by atoms with van der Waals surface area (Å²) in [6.45, 7) is 0. The summed E-state index contributed by atoms with van der Waals surface area (Å²) in [4.78, 5) is 4.79. The topological polar surface area (TPSA) is 65.7 Å². The van der Waals surface area contributed by atoms with Gasteiger partial charge in [0.05, 0.1) is 24.4 Å². The largest absolute Gasteiger partial charge is 0.496 e. The van der Waals surface area contributed by atoms with E-state index in [1.54, 1.807) is 30.2 Å². The van der Waals surface area contributed by atoms with E-state index in [1.165, 1.54) is 32.1 Å². The van der Waals surface area contributed by atoms with Crippen LogP contribution in [0.4, 0.5) is 0 Å². The number of thiazole rings is 1. The second-order valence-electron chi connectivity index (χ2n) is 6.48. The van der Waals surface area contributed by atoms with Crippen LogP contribution >= 0.6 is 39.0 Å².